The fourth-order valence-corrected chi connectivity index (χ4v) is 4.75. The van der Waals surface area contributed by atoms with E-state index < -0.39 is 0 Å². The van der Waals surface area contributed by atoms with Crippen LogP contribution >= 0.6 is 23.1 Å². The Kier molecular flexibility index (Phi) is 5.60. The normalized spacial score (nSPS) is 12.8. The van der Waals surface area contributed by atoms with Gasteiger partial charge in [0.25, 0.3) is 0 Å². The van der Waals surface area contributed by atoms with E-state index in [1.165, 1.54) is 29.5 Å². The Bertz CT molecular complexity index is 947. The number of hydrogen-bond donors (Lipinski definition) is 0. The molecule has 0 bridgehead atoms. The Hall–Kier alpha value is -2.11. The maximum absolute atomic E-state index is 12.1. The topological polar surface area (TPSA) is 39.2 Å². The van der Waals surface area contributed by atoms with Crippen LogP contribution in [-0.4, -0.2) is 16.7 Å². The lowest BCUT2D eigenvalue weighted by molar-refractivity contribution is -0.141. The van der Waals surface area contributed by atoms with Gasteiger partial charge < -0.3 is 4.74 Å². The highest BCUT2D eigenvalue weighted by Gasteiger charge is 2.12. The molecule has 0 spiro atoms. The summed E-state index contributed by atoms with van der Waals surface area (Å²) >= 11 is 3.11. The van der Waals surface area contributed by atoms with Gasteiger partial charge in [0.15, 0.2) is 0 Å². The molecule has 1 aliphatic rings. The minimum absolute atomic E-state index is 0.203. The number of thiazole rings is 1. The van der Waals surface area contributed by atoms with E-state index in [0.29, 0.717) is 5.75 Å². The number of esters is 1. The summed E-state index contributed by atoms with van der Waals surface area (Å²) in [5, 5.41) is 2.91. The standard InChI is InChI=1S/C22H21NO2S2/c1-15-5-7-17(8-6-15)22-23-19(13-27-22)12-25-21(24)14-26-20-10-9-16-3-2-4-18(16)11-20/h5-11,13H,2-4,12,14H2,1H3. The van der Waals surface area contributed by atoms with E-state index in [1.54, 1.807) is 23.1 Å². The van der Waals surface area contributed by atoms with Crippen molar-refractivity contribution in [1.82, 2.24) is 4.98 Å². The van der Waals surface area contributed by atoms with E-state index in [-0.39, 0.29) is 12.6 Å². The molecule has 27 heavy (non-hydrogen) atoms. The van der Waals surface area contributed by atoms with Crippen LogP contribution in [0.2, 0.25) is 0 Å². The van der Waals surface area contributed by atoms with Gasteiger partial charge in [-0.3, -0.25) is 4.79 Å². The van der Waals surface area contributed by atoms with Crippen molar-refractivity contribution >= 4 is 29.1 Å². The molecule has 5 heteroatoms. The number of hydrogen-bond acceptors (Lipinski definition) is 5. The Balaban J connectivity index is 1.27. The number of carbonyl (C=O) groups is 1. The molecule has 0 aliphatic heterocycles. The van der Waals surface area contributed by atoms with Crippen LogP contribution in [0.1, 0.15) is 28.8 Å². The predicted molar refractivity (Wildman–Crippen MR) is 111 cm³/mol. The maximum atomic E-state index is 12.1. The second kappa shape index (κ2) is 8.28. The summed E-state index contributed by atoms with van der Waals surface area (Å²) in [6, 6.07) is 14.8. The van der Waals surface area contributed by atoms with Crippen molar-refractivity contribution in [3.8, 4) is 10.6 Å². The van der Waals surface area contributed by atoms with Gasteiger partial charge in [0.1, 0.15) is 11.6 Å². The smallest absolute Gasteiger partial charge is 0.316 e. The minimum Gasteiger partial charge on any atom is -0.459 e. The number of carbonyl (C=O) groups excluding carboxylic acids is 1. The molecule has 0 N–H and O–H groups in total. The highest BCUT2D eigenvalue weighted by molar-refractivity contribution is 8.00. The molecule has 0 saturated carbocycles. The number of nitrogens with zero attached hydrogens (tertiary/aromatic N) is 1. The number of benzene rings is 2. The summed E-state index contributed by atoms with van der Waals surface area (Å²) in [4.78, 5) is 17.8. The van der Waals surface area contributed by atoms with Crippen molar-refractivity contribution < 1.29 is 9.53 Å². The predicted octanol–water partition coefficient (Wildman–Crippen LogP) is 5.44. The highest BCUT2D eigenvalue weighted by atomic mass is 32.2. The molecule has 0 atom stereocenters. The van der Waals surface area contributed by atoms with E-state index >= 15 is 0 Å². The number of thioether (sulfide) groups is 1. The van der Waals surface area contributed by atoms with Crippen LogP contribution in [0.25, 0.3) is 10.6 Å². The van der Waals surface area contributed by atoms with E-state index in [4.69, 9.17) is 4.74 Å². The maximum Gasteiger partial charge on any atom is 0.316 e. The molecular formula is C22H21NO2S2. The lowest BCUT2D eigenvalue weighted by atomic mass is 10.1. The van der Waals surface area contributed by atoms with Crippen molar-refractivity contribution in [2.24, 2.45) is 0 Å². The molecule has 0 radical (unpaired) electrons. The average Bonchev–Trinajstić information content (AvgIpc) is 3.34. The van der Waals surface area contributed by atoms with Crippen molar-refractivity contribution in [1.29, 1.82) is 0 Å². The first-order valence-corrected chi connectivity index (χ1v) is 11.0. The number of aromatic nitrogens is 1. The molecule has 0 amide bonds. The summed E-state index contributed by atoms with van der Waals surface area (Å²) in [7, 11) is 0. The first-order valence-electron chi connectivity index (χ1n) is 9.09. The van der Waals surface area contributed by atoms with Crippen LogP contribution < -0.4 is 0 Å². The SMILES string of the molecule is Cc1ccc(-c2nc(COC(=O)CSc3ccc4c(c3)CCC4)cs2)cc1. The third-order valence-electron chi connectivity index (χ3n) is 4.66. The van der Waals surface area contributed by atoms with Crippen molar-refractivity contribution in [2.75, 3.05) is 5.75 Å². The Morgan fingerprint density at radius 3 is 2.81 bits per heavy atom. The third kappa shape index (κ3) is 4.60. The summed E-state index contributed by atoms with van der Waals surface area (Å²) in [5.74, 6) is 0.124. The molecular weight excluding hydrogens is 374 g/mol. The van der Waals surface area contributed by atoms with Crippen molar-refractivity contribution in [2.45, 2.75) is 37.7 Å². The monoisotopic (exact) mass is 395 g/mol. The van der Waals surface area contributed by atoms with Gasteiger partial charge in [0, 0.05) is 15.8 Å². The summed E-state index contributed by atoms with van der Waals surface area (Å²) in [6.45, 7) is 2.29. The zero-order chi connectivity index (χ0) is 18.6. The highest BCUT2D eigenvalue weighted by Crippen LogP contribution is 2.28. The van der Waals surface area contributed by atoms with Gasteiger partial charge in [-0.1, -0.05) is 35.9 Å². The quantitative estimate of drug-likeness (QED) is 0.411. The number of ether oxygens (including phenoxy) is 1. The second-order valence-corrected chi connectivity index (χ2v) is 8.65. The summed E-state index contributed by atoms with van der Waals surface area (Å²) in [6.07, 6.45) is 3.57. The zero-order valence-corrected chi connectivity index (χ0v) is 16.9. The van der Waals surface area contributed by atoms with Crippen LogP contribution in [0, 0.1) is 6.92 Å². The van der Waals surface area contributed by atoms with Crippen LogP contribution in [0.4, 0.5) is 0 Å². The molecule has 1 heterocycles. The molecule has 1 aliphatic carbocycles. The van der Waals surface area contributed by atoms with Gasteiger partial charge >= 0.3 is 5.97 Å². The van der Waals surface area contributed by atoms with E-state index in [2.05, 4.69) is 54.4 Å². The average molecular weight is 396 g/mol. The van der Waals surface area contributed by atoms with Crippen LogP contribution in [0.3, 0.4) is 0 Å². The second-order valence-electron chi connectivity index (χ2n) is 6.74. The lowest BCUT2D eigenvalue weighted by Gasteiger charge is -2.05. The van der Waals surface area contributed by atoms with Crippen molar-refractivity contribution in [3.05, 3.63) is 70.2 Å². The minimum atomic E-state index is -0.203. The molecule has 2 aromatic carbocycles. The molecule has 3 aromatic rings. The Labute approximate surface area is 167 Å². The molecule has 138 valence electrons. The molecule has 1 aromatic heterocycles. The molecule has 0 fully saturated rings. The van der Waals surface area contributed by atoms with Gasteiger partial charge in [-0.2, -0.15) is 0 Å². The zero-order valence-electron chi connectivity index (χ0n) is 15.2. The van der Waals surface area contributed by atoms with Gasteiger partial charge in [-0.25, -0.2) is 4.98 Å². The van der Waals surface area contributed by atoms with E-state index in [9.17, 15) is 4.79 Å². The fourth-order valence-electron chi connectivity index (χ4n) is 3.18. The van der Waals surface area contributed by atoms with Gasteiger partial charge in [-0.15, -0.1) is 23.1 Å². The van der Waals surface area contributed by atoms with Crippen LogP contribution in [0.5, 0.6) is 0 Å². The van der Waals surface area contributed by atoms with Gasteiger partial charge in [0.2, 0.25) is 0 Å². The Morgan fingerprint density at radius 1 is 1.15 bits per heavy atom. The molecule has 0 saturated heterocycles. The van der Waals surface area contributed by atoms with Crippen LogP contribution in [0.15, 0.2) is 52.7 Å². The summed E-state index contributed by atoms with van der Waals surface area (Å²) in [5.41, 5.74) is 6.00. The number of fused-ring (bicyclic) bond motifs is 1. The van der Waals surface area contributed by atoms with E-state index in [1.807, 2.05) is 5.38 Å². The third-order valence-corrected chi connectivity index (χ3v) is 6.57. The number of rotatable bonds is 6. The number of aryl methyl sites for hydroxylation is 3. The molecule has 4 rings (SSSR count). The molecule has 0 unspecified atom stereocenters. The van der Waals surface area contributed by atoms with E-state index in [0.717, 1.165) is 27.6 Å². The van der Waals surface area contributed by atoms with Crippen LogP contribution in [-0.2, 0) is 29.0 Å². The lowest BCUT2D eigenvalue weighted by Crippen LogP contribution is -2.07. The van der Waals surface area contributed by atoms with Gasteiger partial charge in [-0.05, 0) is 49.4 Å². The van der Waals surface area contributed by atoms with Crippen molar-refractivity contribution in [3.63, 3.8) is 0 Å². The first-order chi connectivity index (χ1) is 13.2. The first kappa shape index (κ1) is 18.3. The largest absolute Gasteiger partial charge is 0.459 e. The fraction of sp³-hybridized carbons (Fsp3) is 0.273. The van der Waals surface area contributed by atoms with Gasteiger partial charge in [0.05, 0.1) is 11.4 Å². The summed E-state index contributed by atoms with van der Waals surface area (Å²) < 4.78 is 5.40. The Morgan fingerprint density at radius 2 is 1.96 bits per heavy atom. The molecule has 3 nitrogen and oxygen atoms in total.